The largest absolute Gasteiger partial charge is 0.352 e. The Morgan fingerprint density at radius 2 is 1.87 bits per heavy atom. The van der Waals surface area contributed by atoms with Crippen LogP contribution in [-0.2, 0) is 6.54 Å². The summed E-state index contributed by atoms with van der Waals surface area (Å²) in [6, 6.07) is 10.7. The molecule has 162 valence electrons. The Bertz CT molecular complexity index is 1250. The molecule has 0 aliphatic heterocycles. The van der Waals surface area contributed by atoms with Crippen molar-refractivity contribution in [2.24, 2.45) is 0 Å². The molecule has 0 bridgehead atoms. The lowest BCUT2D eigenvalue weighted by Crippen LogP contribution is -2.47. The molecular weight excluding hydrogens is 399 g/mol. The lowest BCUT2D eigenvalue weighted by Gasteiger charge is -2.15. The number of aromatic nitrogens is 3. The first kappa shape index (κ1) is 22.1. The monoisotopic (exact) mass is 424 g/mol. The molecule has 0 aliphatic carbocycles. The van der Waals surface area contributed by atoms with Crippen LogP contribution in [0.1, 0.15) is 47.4 Å². The van der Waals surface area contributed by atoms with Crippen LogP contribution in [0.3, 0.4) is 0 Å². The van der Waals surface area contributed by atoms with Crippen LogP contribution in [0.2, 0.25) is 0 Å². The third kappa shape index (κ3) is 4.79. The molecule has 0 aliphatic rings. The number of carbonyl (C=O) groups excluding carboxylic acids is 1. The molecule has 1 aromatic heterocycles. The van der Waals surface area contributed by atoms with E-state index in [-0.39, 0.29) is 12.6 Å². The molecule has 0 radical (unpaired) electrons. The Morgan fingerprint density at radius 1 is 1.13 bits per heavy atom. The molecule has 1 atom stereocenters. The molecule has 7 nitrogen and oxygen atoms in total. The summed E-state index contributed by atoms with van der Waals surface area (Å²) in [5.74, 6) is -1.14. The Balaban J connectivity index is 2.21. The molecule has 31 heavy (non-hydrogen) atoms. The van der Waals surface area contributed by atoms with Gasteiger partial charge in [-0.3, -0.25) is 14.2 Å². The Morgan fingerprint density at radius 3 is 2.52 bits per heavy atom. The Hall–Kier alpha value is -3.55. The van der Waals surface area contributed by atoms with Crippen LogP contribution in [0.4, 0.5) is 4.39 Å². The molecule has 0 fully saturated rings. The van der Waals surface area contributed by atoms with Crippen molar-refractivity contribution in [1.29, 1.82) is 0 Å². The second-order valence-electron chi connectivity index (χ2n) is 7.62. The van der Waals surface area contributed by atoms with Gasteiger partial charge in [0.2, 0.25) is 5.69 Å². The van der Waals surface area contributed by atoms with Gasteiger partial charge in [0.1, 0.15) is 5.82 Å². The van der Waals surface area contributed by atoms with Gasteiger partial charge in [-0.1, -0.05) is 25.1 Å². The number of hydrogen-bond acceptors (Lipinski definition) is 4. The highest BCUT2D eigenvalue weighted by Crippen LogP contribution is 2.12. The normalized spacial score (nSPS) is 11.9. The number of rotatable bonds is 6. The smallest absolute Gasteiger partial charge is 0.348 e. The molecule has 0 saturated heterocycles. The Kier molecular flexibility index (Phi) is 6.48. The van der Waals surface area contributed by atoms with E-state index in [0.29, 0.717) is 17.7 Å². The minimum Gasteiger partial charge on any atom is -0.348 e. The maximum Gasteiger partial charge on any atom is 0.352 e. The van der Waals surface area contributed by atoms with Crippen LogP contribution >= 0.6 is 0 Å². The van der Waals surface area contributed by atoms with Crippen LogP contribution in [0.25, 0.3) is 5.69 Å². The molecule has 8 heteroatoms. The van der Waals surface area contributed by atoms with Crippen LogP contribution in [0.15, 0.2) is 52.1 Å². The lowest BCUT2D eigenvalue weighted by atomic mass is 10.1. The average molecular weight is 424 g/mol. The molecule has 3 aromatic rings. The molecule has 0 spiro atoms. The predicted molar refractivity (Wildman–Crippen MR) is 116 cm³/mol. The van der Waals surface area contributed by atoms with Crippen molar-refractivity contribution < 1.29 is 9.18 Å². The van der Waals surface area contributed by atoms with Gasteiger partial charge in [-0.15, -0.1) is 0 Å². The fourth-order valence-corrected chi connectivity index (χ4v) is 3.03. The summed E-state index contributed by atoms with van der Waals surface area (Å²) in [6.45, 7) is 7.35. The van der Waals surface area contributed by atoms with Crippen molar-refractivity contribution in [2.75, 3.05) is 0 Å². The number of amides is 1. The SMILES string of the molecule is CC[C@@H](C)NC(=O)c1nn(-c2ccc(C)c(C)c2)c(=O)n(Cc2cccc(F)c2)c1=O. The second-order valence-corrected chi connectivity index (χ2v) is 7.62. The summed E-state index contributed by atoms with van der Waals surface area (Å²) in [5, 5.41) is 6.82. The summed E-state index contributed by atoms with van der Waals surface area (Å²) >= 11 is 0. The predicted octanol–water partition coefficient (Wildman–Crippen LogP) is 2.73. The number of nitrogens with zero attached hydrogens (tertiary/aromatic N) is 3. The van der Waals surface area contributed by atoms with E-state index >= 15 is 0 Å². The van der Waals surface area contributed by atoms with Crippen molar-refractivity contribution >= 4 is 5.91 Å². The van der Waals surface area contributed by atoms with E-state index in [9.17, 15) is 18.8 Å². The zero-order valence-electron chi connectivity index (χ0n) is 18.0. The van der Waals surface area contributed by atoms with Gasteiger partial charge < -0.3 is 5.32 Å². The number of aryl methyl sites for hydroxylation is 2. The van der Waals surface area contributed by atoms with E-state index in [1.807, 2.05) is 33.8 Å². The van der Waals surface area contributed by atoms with E-state index in [0.717, 1.165) is 20.4 Å². The van der Waals surface area contributed by atoms with Gasteiger partial charge in [0.05, 0.1) is 12.2 Å². The van der Waals surface area contributed by atoms with E-state index in [4.69, 9.17) is 0 Å². The molecule has 3 rings (SSSR count). The maximum absolute atomic E-state index is 13.6. The highest BCUT2D eigenvalue weighted by atomic mass is 19.1. The molecular formula is C23H25FN4O3. The summed E-state index contributed by atoms with van der Waals surface area (Å²) in [7, 11) is 0. The average Bonchev–Trinajstić information content (AvgIpc) is 2.73. The minimum atomic E-state index is -0.824. The first-order chi connectivity index (χ1) is 14.7. The number of benzene rings is 2. The fourth-order valence-electron chi connectivity index (χ4n) is 3.03. The van der Waals surface area contributed by atoms with Crippen molar-refractivity contribution in [3.8, 4) is 5.69 Å². The van der Waals surface area contributed by atoms with Crippen molar-refractivity contribution in [1.82, 2.24) is 19.7 Å². The summed E-state index contributed by atoms with van der Waals surface area (Å²) in [6.07, 6.45) is 0.667. The van der Waals surface area contributed by atoms with Crippen LogP contribution in [0, 0.1) is 19.7 Å². The van der Waals surface area contributed by atoms with Crippen molar-refractivity contribution in [3.63, 3.8) is 0 Å². The molecule has 1 N–H and O–H groups in total. The highest BCUT2D eigenvalue weighted by molar-refractivity contribution is 5.91. The first-order valence-electron chi connectivity index (χ1n) is 10.1. The molecule has 2 aromatic carbocycles. The summed E-state index contributed by atoms with van der Waals surface area (Å²) in [4.78, 5) is 38.9. The first-order valence-corrected chi connectivity index (χ1v) is 10.1. The highest BCUT2D eigenvalue weighted by Gasteiger charge is 2.21. The standard InChI is InChI=1S/C23H25FN4O3/c1-5-16(4)25-21(29)20-22(30)27(13-17-7-6-8-18(24)12-17)23(31)28(26-20)19-10-9-14(2)15(3)11-19/h6-12,16H,5,13H2,1-4H3,(H,25,29)/t16-/m1/s1. The van der Waals surface area contributed by atoms with E-state index in [1.54, 1.807) is 18.2 Å². The number of halogens is 1. The number of nitrogens with one attached hydrogen (secondary N) is 1. The zero-order chi connectivity index (χ0) is 22.7. The van der Waals surface area contributed by atoms with Gasteiger partial charge in [0.15, 0.2) is 0 Å². The Labute approximate surface area is 179 Å². The van der Waals surface area contributed by atoms with Crippen LogP contribution in [-0.4, -0.2) is 26.3 Å². The van der Waals surface area contributed by atoms with Gasteiger partial charge in [-0.05, 0) is 68.1 Å². The third-order valence-electron chi connectivity index (χ3n) is 5.23. The van der Waals surface area contributed by atoms with Gasteiger partial charge in [-0.2, -0.15) is 9.78 Å². The van der Waals surface area contributed by atoms with E-state index in [1.165, 1.54) is 18.2 Å². The van der Waals surface area contributed by atoms with Crippen LogP contribution in [0.5, 0.6) is 0 Å². The van der Waals surface area contributed by atoms with E-state index < -0.39 is 28.7 Å². The topological polar surface area (TPSA) is 86.0 Å². The van der Waals surface area contributed by atoms with Gasteiger partial charge in [-0.25, -0.2) is 9.18 Å². The summed E-state index contributed by atoms with van der Waals surface area (Å²) in [5.41, 5.74) is 0.880. The van der Waals surface area contributed by atoms with Gasteiger partial charge in [0.25, 0.3) is 11.5 Å². The van der Waals surface area contributed by atoms with Crippen molar-refractivity contribution in [3.05, 3.63) is 91.5 Å². The van der Waals surface area contributed by atoms with Gasteiger partial charge >= 0.3 is 5.69 Å². The summed E-state index contributed by atoms with van der Waals surface area (Å²) < 4.78 is 15.6. The molecule has 0 saturated carbocycles. The third-order valence-corrected chi connectivity index (χ3v) is 5.23. The van der Waals surface area contributed by atoms with Gasteiger partial charge in [0, 0.05) is 6.04 Å². The number of carbonyl (C=O) groups is 1. The number of hydrogen-bond donors (Lipinski definition) is 1. The van der Waals surface area contributed by atoms with Crippen LogP contribution < -0.4 is 16.6 Å². The maximum atomic E-state index is 13.6. The molecule has 0 unspecified atom stereocenters. The fraction of sp³-hybridized carbons (Fsp3) is 0.304. The lowest BCUT2D eigenvalue weighted by molar-refractivity contribution is 0.0929. The zero-order valence-corrected chi connectivity index (χ0v) is 18.0. The van der Waals surface area contributed by atoms with E-state index in [2.05, 4.69) is 10.4 Å². The van der Waals surface area contributed by atoms with Crippen molar-refractivity contribution in [2.45, 2.75) is 46.7 Å². The molecule has 1 heterocycles. The second kappa shape index (κ2) is 9.07. The quantitative estimate of drug-likeness (QED) is 0.659. The molecule has 1 amide bonds. The minimum absolute atomic E-state index is 0.174.